The second-order valence-corrected chi connectivity index (χ2v) is 7.64. The van der Waals surface area contributed by atoms with Gasteiger partial charge in [0, 0.05) is 0 Å². The Kier molecular flexibility index (Phi) is 2.51. The molecule has 0 atom stereocenters. The van der Waals surface area contributed by atoms with Gasteiger partial charge in [0.05, 0.1) is 21.3 Å². The molecule has 66 valence electrons. The summed E-state index contributed by atoms with van der Waals surface area (Å²) in [6.45, 7) is 0. The average molecular weight is 206 g/mol. The van der Waals surface area contributed by atoms with Gasteiger partial charge in [-0.1, -0.05) is 12.1 Å². The molecule has 0 unspecified atom stereocenters. The molecule has 2 nitrogen and oxygen atoms in total. The highest BCUT2D eigenvalue weighted by Gasteiger charge is 1.99. The lowest BCUT2D eigenvalue weighted by molar-refractivity contribution is 0.415. The van der Waals surface area contributed by atoms with Gasteiger partial charge in [0.15, 0.2) is 0 Å². The first-order valence-electron chi connectivity index (χ1n) is 4.07. The van der Waals surface area contributed by atoms with E-state index in [1.165, 1.54) is 5.19 Å². The van der Waals surface area contributed by atoms with E-state index in [9.17, 15) is 0 Å². The van der Waals surface area contributed by atoms with Crippen LogP contribution in [0.4, 0.5) is 0 Å². The van der Waals surface area contributed by atoms with Gasteiger partial charge >= 0.3 is 0 Å². The van der Waals surface area contributed by atoms with Crippen molar-refractivity contribution in [2.75, 3.05) is 7.11 Å². The Balaban J connectivity index is 2.33. The van der Waals surface area contributed by atoms with Gasteiger partial charge in [0.2, 0.25) is 8.88 Å². The Hall–Kier alpha value is -1.01. The van der Waals surface area contributed by atoms with Gasteiger partial charge in [-0.2, -0.15) is 0 Å². The van der Waals surface area contributed by atoms with E-state index < -0.39 is 7.90 Å². The molecule has 0 amide bonds. The molecular formula is C9H10O2Si2. The molecule has 1 aromatic carbocycles. The summed E-state index contributed by atoms with van der Waals surface area (Å²) in [7, 11) is 1.36. The zero-order valence-corrected chi connectivity index (χ0v) is 9.51. The van der Waals surface area contributed by atoms with Crippen LogP contribution in [0.1, 0.15) is 0 Å². The highest BCUT2D eigenvalue weighted by Crippen LogP contribution is 2.13. The largest absolute Gasteiger partial charge is 0.531 e. The van der Waals surface area contributed by atoms with E-state index in [-0.39, 0.29) is 8.88 Å². The molecule has 0 bridgehead atoms. The molecule has 13 heavy (non-hydrogen) atoms. The van der Waals surface area contributed by atoms with Crippen LogP contribution in [0.15, 0.2) is 40.3 Å². The van der Waals surface area contributed by atoms with Crippen LogP contribution in [-0.4, -0.2) is 23.9 Å². The van der Waals surface area contributed by atoms with Crippen LogP contribution >= 0.6 is 0 Å². The van der Waals surface area contributed by atoms with E-state index in [0.717, 1.165) is 5.75 Å². The molecule has 0 aliphatic heterocycles. The van der Waals surface area contributed by atoms with E-state index in [1.54, 1.807) is 7.11 Å². The lowest BCUT2D eigenvalue weighted by atomic mass is 10.3. The molecule has 0 aliphatic rings. The fraction of sp³-hybridized carbons (Fsp3) is 0.111. The molecular weight excluding hydrogens is 196 g/mol. The number of methoxy groups -OCH3 is 1. The first-order valence-corrected chi connectivity index (χ1v) is 7.92. The Morgan fingerprint density at radius 2 is 2.08 bits per heavy atom. The normalized spacial score (nSPS) is 9.92. The van der Waals surface area contributed by atoms with E-state index in [1.807, 2.05) is 18.4 Å². The van der Waals surface area contributed by atoms with Gasteiger partial charge in [-0.25, -0.2) is 0 Å². The lowest BCUT2D eigenvalue weighted by Gasteiger charge is -1.99. The summed E-state index contributed by atoms with van der Waals surface area (Å²) in [6.07, 6.45) is 1.84. The number of benzene rings is 1. The van der Waals surface area contributed by atoms with Gasteiger partial charge in [0.25, 0.3) is 0 Å². The maximum absolute atomic E-state index is 5.28. The minimum atomic E-state index is -0.489. The predicted molar refractivity (Wildman–Crippen MR) is 55.3 cm³/mol. The van der Waals surface area contributed by atoms with Crippen LogP contribution < -0.4 is 4.74 Å². The third-order valence-corrected chi connectivity index (χ3v) is 6.73. The fourth-order valence-corrected chi connectivity index (χ4v) is 4.99. The second kappa shape index (κ2) is 3.80. The molecule has 2 aromatic rings. The van der Waals surface area contributed by atoms with Crippen molar-refractivity contribution in [3.63, 3.8) is 0 Å². The van der Waals surface area contributed by atoms with Crippen LogP contribution in [0.5, 0.6) is 5.75 Å². The van der Waals surface area contributed by atoms with Crippen molar-refractivity contribution >= 4 is 16.8 Å². The Bertz CT molecular complexity index is 367. The maximum Gasteiger partial charge on any atom is 0.203 e. The zero-order valence-electron chi connectivity index (χ0n) is 7.36. The highest BCUT2D eigenvalue weighted by molar-refractivity contribution is 6.95. The van der Waals surface area contributed by atoms with E-state index in [2.05, 4.69) is 17.8 Å². The molecule has 0 saturated heterocycles. The van der Waals surface area contributed by atoms with Crippen LogP contribution in [0.2, 0.25) is 0 Å². The summed E-state index contributed by atoms with van der Waals surface area (Å²) in [4.78, 5) is 0. The molecule has 0 spiro atoms. The summed E-state index contributed by atoms with van der Waals surface area (Å²) < 4.78 is 10.4. The number of rotatable bonds is 2. The van der Waals surface area contributed by atoms with Gasteiger partial charge in [-0.05, 0) is 23.0 Å². The molecule has 0 radical (unpaired) electrons. The summed E-state index contributed by atoms with van der Waals surface area (Å²) in [5, 5.41) is 1.41. The van der Waals surface area contributed by atoms with Gasteiger partial charge in [0.1, 0.15) is 5.75 Å². The summed E-state index contributed by atoms with van der Waals surface area (Å²) in [5.41, 5.74) is 2.21. The third kappa shape index (κ3) is 1.84. The van der Waals surface area contributed by atoms with E-state index in [0.29, 0.717) is 0 Å². The van der Waals surface area contributed by atoms with Gasteiger partial charge in [-0.3, -0.25) is 0 Å². The quantitative estimate of drug-likeness (QED) is 0.693. The third-order valence-electron chi connectivity index (χ3n) is 1.94. The van der Waals surface area contributed by atoms with Crippen molar-refractivity contribution in [2.24, 2.45) is 0 Å². The fourth-order valence-electron chi connectivity index (χ4n) is 1.21. The number of hydrogen-bond acceptors (Lipinski definition) is 2. The Labute approximate surface area is 80.4 Å². The van der Waals surface area contributed by atoms with Crippen LogP contribution in [-0.2, 0) is 0 Å². The second-order valence-electron chi connectivity index (χ2n) is 2.74. The standard InChI is InChI=1S/C9H10O2Si2/c1-10-8-2-4-9(5-3-8)13-7-6-11-12-13/h2-7,12H,1H3. The molecule has 0 aliphatic carbocycles. The SMILES string of the molecule is COc1ccc(-[si]2cco[siH]2)cc1. The van der Waals surface area contributed by atoms with Crippen LogP contribution in [0.3, 0.4) is 0 Å². The minimum Gasteiger partial charge on any atom is -0.531 e. The molecule has 0 saturated carbocycles. The maximum atomic E-state index is 5.28. The van der Waals surface area contributed by atoms with Crippen LogP contribution in [0.25, 0.3) is 5.19 Å². The number of hydrogen-bond donors (Lipinski definition) is 0. The van der Waals surface area contributed by atoms with Crippen molar-refractivity contribution in [3.8, 4) is 10.9 Å². The molecule has 1 aromatic heterocycles. The predicted octanol–water partition coefficient (Wildman–Crippen LogP) is 1.37. The molecule has 0 fully saturated rings. The smallest absolute Gasteiger partial charge is 0.203 e. The lowest BCUT2D eigenvalue weighted by Crippen LogP contribution is -1.96. The van der Waals surface area contributed by atoms with Crippen molar-refractivity contribution in [2.45, 2.75) is 0 Å². The molecule has 1 heterocycles. The van der Waals surface area contributed by atoms with E-state index in [4.69, 9.17) is 8.83 Å². The first-order chi connectivity index (χ1) is 6.40. The first kappa shape index (κ1) is 8.59. The average Bonchev–Trinajstić information content (AvgIpc) is 2.71. The van der Waals surface area contributed by atoms with Crippen molar-refractivity contribution in [3.05, 3.63) is 36.2 Å². The molecule has 2 rings (SSSR count). The monoisotopic (exact) mass is 206 g/mol. The highest BCUT2D eigenvalue weighted by atomic mass is 29.0. The summed E-state index contributed by atoms with van der Waals surface area (Å²) >= 11 is 0. The van der Waals surface area contributed by atoms with Crippen molar-refractivity contribution < 1.29 is 8.83 Å². The minimum absolute atomic E-state index is 0.157. The van der Waals surface area contributed by atoms with Gasteiger partial charge < -0.3 is 8.83 Å². The number of ether oxygens (including phenoxy) is 1. The molecule has 0 N–H and O–H groups in total. The van der Waals surface area contributed by atoms with Gasteiger partial charge in [-0.15, -0.1) is 0 Å². The summed E-state index contributed by atoms with van der Waals surface area (Å²) in [6, 6.07) is 8.30. The van der Waals surface area contributed by atoms with Crippen molar-refractivity contribution in [1.29, 1.82) is 0 Å². The topological polar surface area (TPSA) is 22.4 Å². The van der Waals surface area contributed by atoms with Crippen LogP contribution in [0, 0.1) is 0 Å². The Morgan fingerprint density at radius 3 is 2.62 bits per heavy atom. The molecule has 4 heteroatoms. The van der Waals surface area contributed by atoms with Crippen molar-refractivity contribution in [1.82, 2.24) is 0 Å². The van der Waals surface area contributed by atoms with E-state index >= 15 is 0 Å². The summed E-state index contributed by atoms with van der Waals surface area (Å²) in [5.74, 6) is 0.921. The Morgan fingerprint density at radius 1 is 1.31 bits per heavy atom. The zero-order chi connectivity index (χ0) is 9.10.